The second-order valence-corrected chi connectivity index (χ2v) is 2.87. The molecule has 0 radical (unpaired) electrons. The zero-order valence-corrected chi connectivity index (χ0v) is 7.78. The summed E-state index contributed by atoms with van der Waals surface area (Å²) in [5.74, 6) is -0.917. The summed E-state index contributed by atoms with van der Waals surface area (Å²) in [5, 5.41) is -4.05. The summed E-state index contributed by atoms with van der Waals surface area (Å²) in [6.45, 7) is -0.220. The minimum atomic E-state index is -5.28. The molecule has 1 atom stereocenters. The molecule has 0 fully saturated rings. The van der Waals surface area contributed by atoms with Crippen LogP contribution in [0.2, 0.25) is 0 Å². The predicted octanol–water partition coefficient (Wildman–Crippen LogP) is 2.34. The Morgan fingerprint density at radius 3 is 2.21 bits per heavy atom. The number of carbonyl (C=O) groups excluding carboxylic acids is 1. The van der Waals surface area contributed by atoms with E-state index < -0.39 is 23.9 Å². The first-order chi connectivity index (χ1) is 6.20. The first kappa shape index (κ1) is 13.4. The Bertz CT molecular complexity index is 204. The summed E-state index contributed by atoms with van der Waals surface area (Å²) in [7, 11) is 0. The van der Waals surface area contributed by atoms with E-state index in [2.05, 4.69) is 21.4 Å². The normalized spacial score (nSPS) is 16.1. The van der Waals surface area contributed by atoms with E-state index in [0.29, 0.717) is 0 Å². The molecule has 0 aliphatic heterocycles. The number of alkyl halides is 5. The van der Waals surface area contributed by atoms with Crippen molar-refractivity contribution in [3.8, 4) is 0 Å². The van der Waals surface area contributed by atoms with E-state index >= 15 is 0 Å². The molecule has 0 aliphatic rings. The van der Waals surface area contributed by atoms with Crippen molar-refractivity contribution in [3.63, 3.8) is 0 Å². The van der Waals surface area contributed by atoms with Gasteiger partial charge in [-0.15, -0.1) is 0 Å². The number of hydrogen-bond donors (Lipinski definition) is 0. The lowest BCUT2D eigenvalue weighted by Crippen LogP contribution is -2.39. The molecule has 0 amide bonds. The Hall–Kier alpha value is -0.560. The van der Waals surface area contributed by atoms with Gasteiger partial charge in [0.1, 0.15) is 0 Å². The van der Waals surface area contributed by atoms with Crippen LogP contribution in [-0.2, 0) is 14.6 Å². The fraction of sp³-hybridized carbons (Fsp3) is 0.833. The molecule has 0 bridgehead atoms. The van der Waals surface area contributed by atoms with E-state index in [9.17, 15) is 22.4 Å². The summed E-state index contributed by atoms with van der Waals surface area (Å²) in [4.78, 5) is 17.8. The fourth-order valence-corrected chi connectivity index (χ4v) is 0.354. The summed E-state index contributed by atoms with van der Waals surface area (Å²) >= 11 is 4.43. The van der Waals surface area contributed by atoms with Crippen molar-refractivity contribution in [1.82, 2.24) is 0 Å². The van der Waals surface area contributed by atoms with Gasteiger partial charge in [0, 0.05) is 6.42 Å². The first-order valence-electron chi connectivity index (χ1n) is 3.47. The zero-order chi connectivity index (χ0) is 11.4. The largest absolute Gasteiger partial charge is 0.439 e. The lowest BCUT2D eigenvalue weighted by molar-refractivity contribution is -0.305. The number of rotatable bonds is 4. The summed E-state index contributed by atoms with van der Waals surface area (Å²) in [6.07, 6.45) is -5.39. The molecule has 0 aliphatic carbocycles. The standard InChI is InChI=1S/C6H7ClF4O3/c1-2-4(12)14-13-3-5(7,8)6(9,10)11/h2-3H2,1H3. The van der Waals surface area contributed by atoms with E-state index in [4.69, 9.17) is 0 Å². The molecule has 0 saturated carbocycles. The lowest BCUT2D eigenvalue weighted by Gasteiger charge is -2.19. The van der Waals surface area contributed by atoms with Crippen LogP contribution in [0.25, 0.3) is 0 Å². The van der Waals surface area contributed by atoms with Crippen molar-refractivity contribution in [2.45, 2.75) is 24.6 Å². The van der Waals surface area contributed by atoms with Crippen molar-refractivity contribution < 1.29 is 32.1 Å². The monoisotopic (exact) mass is 238 g/mol. The molecule has 0 aromatic carbocycles. The smallest absolute Gasteiger partial charge is 0.298 e. The van der Waals surface area contributed by atoms with Gasteiger partial charge in [0.15, 0.2) is 6.61 Å². The van der Waals surface area contributed by atoms with Gasteiger partial charge in [0.05, 0.1) is 0 Å². The van der Waals surface area contributed by atoms with Crippen molar-refractivity contribution in [1.29, 1.82) is 0 Å². The molecule has 0 spiro atoms. The molecular formula is C6H7ClF4O3. The molecule has 1 unspecified atom stereocenters. The molecule has 3 nitrogen and oxygen atoms in total. The molecule has 0 saturated heterocycles. The van der Waals surface area contributed by atoms with Gasteiger partial charge < -0.3 is 0 Å². The molecule has 8 heteroatoms. The molecular weight excluding hydrogens is 232 g/mol. The molecule has 0 heterocycles. The molecule has 0 aromatic heterocycles. The van der Waals surface area contributed by atoms with Crippen molar-refractivity contribution in [2.24, 2.45) is 0 Å². The average molecular weight is 239 g/mol. The molecule has 84 valence electrons. The Morgan fingerprint density at radius 2 is 1.86 bits per heavy atom. The Balaban J connectivity index is 3.95. The van der Waals surface area contributed by atoms with Crippen molar-refractivity contribution in [3.05, 3.63) is 0 Å². The van der Waals surface area contributed by atoms with E-state index in [1.165, 1.54) is 6.92 Å². The van der Waals surface area contributed by atoms with Crippen LogP contribution in [0.4, 0.5) is 17.6 Å². The van der Waals surface area contributed by atoms with Gasteiger partial charge in [-0.1, -0.05) is 18.5 Å². The van der Waals surface area contributed by atoms with Gasteiger partial charge in [-0.25, -0.2) is 9.18 Å². The van der Waals surface area contributed by atoms with Crippen LogP contribution in [0.5, 0.6) is 0 Å². The van der Waals surface area contributed by atoms with Gasteiger partial charge in [0.25, 0.3) is 0 Å². The molecule has 0 N–H and O–H groups in total. The van der Waals surface area contributed by atoms with Crippen LogP contribution in [0.1, 0.15) is 13.3 Å². The maximum Gasteiger partial charge on any atom is 0.439 e. The SMILES string of the molecule is CCC(=O)OOCC(F)(Cl)C(F)(F)F. The number of hydrogen-bond acceptors (Lipinski definition) is 3. The highest BCUT2D eigenvalue weighted by Gasteiger charge is 2.56. The molecule has 0 aromatic rings. The Kier molecular flexibility index (Phi) is 4.60. The third-order valence-electron chi connectivity index (χ3n) is 1.10. The van der Waals surface area contributed by atoms with E-state index in [-0.39, 0.29) is 6.42 Å². The van der Waals surface area contributed by atoms with Gasteiger partial charge in [-0.3, -0.25) is 4.89 Å². The van der Waals surface area contributed by atoms with Crippen LogP contribution in [-0.4, -0.2) is 23.9 Å². The minimum absolute atomic E-state index is 0.104. The van der Waals surface area contributed by atoms with Crippen LogP contribution >= 0.6 is 11.6 Å². The van der Waals surface area contributed by atoms with Crippen molar-refractivity contribution in [2.75, 3.05) is 6.61 Å². The quantitative estimate of drug-likeness (QED) is 0.326. The fourth-order valence-electron chi connectivity index (χ4n) is 0.310. The number of carbonyl (C=O) groups is 1. The Labute approximate surface area is 81.8 Å². The summed E-state index contributed by atoms with van der Waals surface area (Å²) in [5.41, 5.74) is 0. The first-order valence-corrected chi connectivity index (χ1v) is 3.85. The van der Waals surface area contributed by atoms with Gasteiger partial charge >= 0.3 is 17.3 Å². The highest BCUT2D eigenvalue weighted by atomic mass is 35.5. The summed E-state index contributed by atoms with van der Waals surface area (Å²) < 4.78 is 47.6. The van der Waals surface area contributed by atoms with Gasteiger partial charge in [-0.05, 0) is 0 Å². The second-order valence-electron chi connectivity index (χ2n) is 2.27. The minimum Gasteiger partial charge on any atom is -0.298 e. The number of halogens is 5. The maximum absolute atomic E-state index is 12.5. The van der Waals surface area contributed by atoms with Crippen LogP contribution < -0.4 is 0 Å². The zero-order valence-electron chi connectivity index (χ0n) is 7.03. The van der Waals surface area contributed by atoms with Gasteiger partial charge in [0.2, 0.25) is 0 Å². The van der Waals surface area contributed by atoms with E-state index in [0.717, 1.165) is 0 Å². The van der Waals surface area contributed by atoms with Gasteiger partial charge in [-0.2, -0.15) is 18.1 Å². The molecule has 14 heavy (non-hydrogen) atoms. The highest BCUT2D eigenvalue weighted by molar-refractivity contribution is 6.23. The maximum atomic E-state index is 12.5. The predicted molar refractivity (Wildman–Crippen MR) is 38.1 cm³/mol. The van der Waals surface area contributed by atoms with Crippen LogP contribution in [0, 0.1) is 0 Å². The van der Waals surface area contributed by atoms with E-state index in [1.807, 2.05) is 0 Å². The third kappa shape index (κ3) is 4.10. The van der Waals surface area contributed by atoms with E-state index in [1.54, 1.807) is 0 Å². The lowest BCUT2D eigenvalue weighted by atomic mass is 10.4. The van der Waals surface area contributed by atoms with Crippen LogP contribution in [0.15, 0.2) is 0 Å². The topological polar surface area (TPSA) is 35.5 Å². The molecule has 0 rings (SSSR count). The second kappa shape index (κ2) is 4.79. The average Bonchev–Trinajstić information content (AvgIpc) is 2.01. The Morgan fingerprint density at radius 1 is 1.36 bits per heavy atom. The highest BCUT2D eigenvalue weighted by Crippen LogP contribution is 2.37. The van der Waals surface area contributed by atoms with Crippen LogP contribution in [0.3, 0.4) is 0 Å². The third-order valence-corrected chi connectivity index (χ3v) is 1.42. The van der Waals surface area contributed by atoms with Crippen molar-refractivity contribution >= 4 is 17.6 Å². The summed E-state index contributed by atoms with van der Waals surface area (Å²) in [6, 6.07) is 0.